The van der Waals surface area contributed by atoms with Gasteiger partial charge in [-0.2, -0.15) is 0 Å². The summed E-state index contributed by atoms with van der Waals surface area (Å²) in [6.07, 6.45) is 2.04. The zero-order valence-electron chi connectivity index (χ0n) is 14.1. The monoisotopic (exact) mass is 313 g/mol. The number of benzene rings is 2. The van der Waals surface area contributed by atoms with Crippen molar-refractivity contribution in [2.75, 3.05) is 0 Å². The largest absolute Gasteiger partial charge is 0.335 e. The number of nitrogens with zero attached hydrogens (tertiary/aromatic N) is 3. The van der Waals surface area contributed by atoms with E-state index in [-0.39, 0.29) is 0 Å². The fraction of sp³-hybridized carbons (Fsp3) is 0.143. The Morgan fingerprint density at radius 2 is 1.46 bits per heavy atom. The zero-order chi connectivity index (χ0) is 16.7. The second-order valence-corrected chi connectivity index (χ2v) is 6.30. The molecule has 3 nitrogen and oxygen atoms in total. The number of aryl methyl sites for hydroxylation is 3. The average Bonchev–Trinajstić information content (AvgIpc) is 2.95. The fourth-order valence-electron chi connectivity index (χ4n) is 3.06. The lowest BCUT2D eigenvalue weighted by atomic mass is 10.1. The lowest BCUT2D eigenvalue weighted by Gasteiger charge is -2.09. The summed E-state index contributed by atoms with van der Waals surface area (Å²) in [4.78, 5) is 9.72. The van der Waals surface area contributed by atoms with Crippen molar-refractivity contribution in [3.05, 3.63) is 71.9 Å². The molecule has 3 heteroatoms. The summed E-state index contributed by atoms with van der Waals surface area (Å²) in [6.45, 7) is 4.19. The third kappa shape index (κ3) is 2.48. The molecule has 0 spiro atoms. The minimum atomic E-state index is 0.768. The fourth-order valence-corrected chi connectivity index (χ4v) is 3.06. The van der Waals surface area contributed by atoms with Gasteiger partial charge in [-0.1, -0.05) is 47.5 Å². The van der Waals surface area contributed by atoms with Crippen molar-refractivity contribution in [2.45, 2.75) is 13.8 Å². The van der Waals surface area contributed by atoms with E-state index in [2.05, 4.69) is 73.0 Å². The summed E-state index contributed by atoms with van der Waals surface area (Å²) in [5, 5.41) is 1.08. The van der Waals surface area contributed by atoms with Gasteiger partial charge >= 0.3 is 0 Å². The average molecular weight is 313 g/mol. The van der Waals surface area contributed by atoms with Crippen LogP contribution >= 0.6 is 0 Å². The molecule has 0 unspecified atom stereocenters. The van der Waals surface area contributed by atoms with E-state index in [1.54, 1.807) is 0 Å². The molecule has 0 bridgehead atoms. The standard InChI is InChI=1S/C21H19N3/c1-14-6-4-8-16(12-14)19-18-10-11-24(3)21(18)23-20(22-19)17-9-5-7-15(2)13-17/h4-13H,1-3H3. The predicted octanol–water partition coefficient (Wildman–Crippen LogP) is 4.92. The van der Waals surface area contributed by atoms with Crippen LogP contribution in [0.15, 0.2) is 60.8 Å². The molecule has 0 amide bonds. The molecular weight excluding hydrogens is 294 g/mol. The van der Waals surface area contributed by atoms with Crippen LogP contribution in [-0.2, 0) is 7.05 Å². The number of fused-ring (bicyclic) bond motifs is 1. The minimum absolute atomic E-state index is 0.768. The molecular formula is C21H19N3. The first kappa shape index (κ1) is 14.6. The van der Waals surface area contributed by atoms with Crippen LogP contribution in [0.5, 0.6) is 0 Å². The van der Waals surface area contributed by atoms with Crippen molar-refractivity contribution >= 4 is 11.0 Å². The molecule has 2 aromatic heterocycles. The van der Waals surface area contributed by atoms with Gasteiger partial charge in [0.2, 0.25) is 0 Å². The molecule has 2 heterocycles. The highest BCUT2D eigenvalue weighted by Gasteiger charge is 2.13. The molecule has 0 aliphatic carbocycles. The van der Waals surface area contributed by atoms with Crippen LogP contribution in [0.25, 0.3) is 33.7 Å². The third-order valence-electron chi connectivity index (χ3n) is 4.29. The second kappa shape index (κ2) is 5.60. The third-order valence-corrected chi connectivity index (χ3v) is 4.29. The highest BCUT2D eigenvalue weighted by atomic mass is 15.0. The van der Waals surface area contributed by atoms with Gasteiger partial charge in [-0.05, 0) is 32.0 Å². The van der Waals surface area contributed by atoms with Crippen LogP contribution in [0.3, 0.4) is 0 Å². The molecule has 4 aromatic rings. The Morgan fingerprint density at radius 1 is 0.792 bits per heavy atom. The van der Waals surface area contributed by atoms with Crippen molar-refractivity contribution in [1.82, 2.24) is 14.5 Å². The summed E-state index contributed by atoms with van der Waals surface area (Å²) < 4.78 is 2.05. The van der Waals surface area contributed by atoms with Crippen LogP contribution in [0.4, 0.5) is 0 Å². The summed E-state index contributed by atoms with van der Waals surface area (Å²) >= 11 is 0. The van der Waals surface area contributed by atoms with E-state index in [9.17, 15) is 0 Å². The summed E-state index contributed by atoms with van der Waals surface area (Å²) in [7, 11) is 2.02. The van der Waals surface area contributed by atoms with Crippen molar-refractivity contribution in [2.24, 2.45) is 7.05 Å². The molecule has 0 fully saturated rings. The van der Waals surface area contributed by atoms with Crippen LogP contribution in [0, 0.1) is 13.8 Å². The van der Waals surface area contributed by atoms with Crippen molar-refractivity contribution in [3.8, 4) is 22.6 Å². The summed E-state index contributed by atoms with van der Waals surface area (Å²) in [5.41, 5.74) is 6.56. The van der Waals surface area contributed by atoms with Gasteiger partial charge in [0.25, 0.3) is 0 Å². The van der Waals surface area contributed by atoms with Gasteiger partial charge in [0.15, 0.2) is 5.82 Å². The van der Waals surface area contributed by atoms with E-state index in [0.29, 0.717) is 0 Å². The van der Waals surface area contributed by atoms with Gasteiger partial charge in [0.05, 0.1) is 5.69 Å². The van der Waals surface area contributed by atoms with Gasteiger partial charge in [0.1, 0.15) is 5.65 Å². The molecule has 0 radical (unpaired) electrons. The van der Waals surface area contributed by atoms with Crippen LogP contribution in [0.2, 0.25) is 0 Å². The first-order chi connectivity index (χ1) is 11.6. The highest BCUT2D eigenvalue weighted by Crippen LogP contribution is 2.30. The predicted molar refractivity (Wildman–Crippen MR) is 98.9 cm³/mol. The molecule has 24 heavy (non-hydrogen) atoms. The Morgan fingerprint density at radius 3 is 2.17 bits per heavy atom. The van der Waals surface area contributed by atoms with E-state index < -0.39 is 0 Å². The van der Waals surface area contributed by atoms with E-state index in [1.165, 1.54) is 11.1 Å². The molecule has 118 valence electrons. The Balaban J connectivity index is 2.02. The van der Waals surface area contributed by atoms with Crippen molar-refractivity contribution in [1.29, 1.82) is 0 Å². The zero-order valence-corrected chi connectivity index (χ0v) is 14.1. The summed E-state index contributed by atoms with van der Waals surface area (Å²) in [5.74, 6) is 0.768. The maximum absolute atomic E-state index is 4.91. The lowest BCUT2D eigenvalue weighted by molar-refractivity contribution is 0.945. The normalized spacial score (nSPS) is 11.1. The van der Waals surface area contributed by atoms with E-state index >= 15 is 0 Å². The van der Waals surface area contributed by atoms with Gasteiger partial charge in [0, 0.05) is 29.8 Å². The van der Waals surface area contributed by atoms with E-state index in [4.69, 9.17) is 9.97 Å². The number of rotatable bonds is 2. The van der Waals surface area contributed by atoms with Crippen LogP contribution in [0.1, 0.15) is 11.1 Å². The molecule has 4 rings (SSSR count). The van der Waals surface area contributed by atoms with Gasteiger partial charge in [-0.25, -0.2) is 9.97 Å². The van der Waals surface area contributed by atoms with E-state index in [0.717, 1.165) is 33.7 Å². The SMILES string of the molecule is Cc1cccc(-c2nc(-c3cccc(C)c3)c3ccn(C)c3n2)c1. The topological polar surface area (TPSA) is 30.7 Å². The van der Waals surface area contributed by atoms with Crippen molar-refractivity contribution in [3.63, 3.8) is 0 Å². The maximum Gasteiger partial charge on any atom is 0.162 e. The summed E-state index contributed by atoms with van der Waals surface area (Å²) in [6, 6.07) is 18.9. The van der Waals surface area contributed by atoms with Gasteiger partial charge in [-0.3, -0.25) is 0 Å². The molecule has 0 atom stereocenters. The minimum Gasteiger partial charge on any atom is -0.335 e. The maximum atomic E-state index is 4.91. The molecule has 0 saturated carbocycles. The van der Waals surface area contributed by atoms with Crippen molar-refractivity contribution < 1.29 is 0 Å². The molecule has 0 N–H and O–H groups in total. The van der Waals surface area contributed by atoms with Gasteiger partial charge < -0.3 is 4.57 Å². The highest BCUT2D eigenvalue weighted by molar-refractivity contribution is 5.92. The quantitative estimate of drug-likeness (QED) is 0.526. The first-order valence-corrected chi connectivity index (χ1v) is 8.09. The lowest BCUT2D eigenvalue weighted by Crippen LogP contribution is -1.97. The van der Waals surface area contributed by atoms with Crippen LogP contribution < -0.4 is 0 Å². The Bertz CT molecular complexity index is 1040. The Hall–Kier alpha value is -2.94. The molecule has 0 saturated heterocycles. The number of hydrogen-bond donors (Lipinski definition) is 0. The Labute approximate surface area is 141 Å². The van der Waals surface area contributed by atoms with Crippen LogP contribution in [-0.4, -0.2) is 14.5 Å². The number of aromatic nitrogens is 3. The van der Waals surface area contributed by atoms with E-state index in [1.807, 2.05) is 13.2 Å². The smallest absolute Gasteiger partial charge is 0.162 e. The van der Waals surface area contributed by atoms with Gasteiger partial charge in [-0.15, -0.1) is 0 Å². The molecule has 2 aromatic carbocycles. The first-order valence-electron chi connectivity index (χ1n) is 8.09. The second-order valence-electron chi connectivity index (χ2n) is 6.30. The molecule has 0 aliphatic heterocycles. The molecule has 0 aliphatic rings. The number of hydrogen-bond acceptors (Lipinski definition) is 2. The Kier molecular flexibility index (Phi) is 3.42.